The summed E-state index contributed by atoms with van der Waals surface area (Å²) in [6, 6.07) is 12.5. The lowest BCUT2D eigenvalue weighted by Crippen LogP contribution is -2.35. The van der Waals surface area contributed by atoms with Crippen LogP contribution >= 0.6 is 15.9 Å². The molecule has 1 unspecified atom stereocenters. The van der Waals surface area contributed by atoms with Crippen molar-refractivity contribution in [1.82, 2.24) is 9.88 Å². The molecule has 1 fully saturated rings. The highest BCUT2D eigenvalue weighted by Crippen LogP contribution is 2.47. The minimum atomic E-state index is -0.0263. The van der Waals surface area contributed by atoms with Crippen LogP contribution in [0.5, 0.6) is 11.5 Å². The van der Waals surface area contributed by atoms with Crippen LogP contribution in [0.2, 0.25) is 0 Å². The summed E-state index contributed by atoms with van der Waals surface area (Å²) in [5, 5.41) is 0. The van der Waals surface area contributed by atoms with Crippen molar-refractivity contribution in [2.24, 2.45) is 0 Å². The first kappa shape index (κ1) is 15.9. The van der Waals surface area contributed by atoms with Crippen LogP contribution in [0.3, 0.4) is 0 Å². The fraction of sp³-hybridized carbons (Fsp3) is 0.421. The van der Waals surface area contributed by atoms with Crippen LogP contribution in [0.25, 0.3) is 0 Å². The Morgan fingerprint density at radius 1 is 1.25 bits per heavy atom. The lowest BCUT2D eigenvalue weighted by Gasteiger charge is -2.28. The zero-order valence-electron chi connectivity index (χ0n) is 14.0. The highest BCUT2D eigenvalue weighted by molar-refractivity contribution is 9.10. The number of ether oxygens (including phenoxy) is 2. The Labute approximate surface area is 150 Å². The first-order chi connectivity index (χ1) is 11.6. The van der Waals surface area contributed by atoms with E-state index in [1.54, 1.807) is 7.11 Å². The Morgan fingerprint density at radius 3 is 2.67 bits per heavy atom. The van der Waals surface area contributed by atoms with E-state index in [0.717, 1.165) is 47.7 Å². The van der Waals surface area contributed by atoms with E-state index in [-0.39, 0.29) is 11.6 Å². The smallest absolute Gasteiger partial charge is 0.143 e. The molecule has 1 aromatic heterocycles. The van der Waals surface area contributed by atoms with E-state index in [2.05, 4.69) is 39.9 Å². The Kier molecular flexibility index (Phi) is 4.01. The molecular weight excluding hydrogens is 368 g/mol. The van der Waals surface area contributed by atoms with E-state index in [0.29, 0.717) is 0 Å². The van der Waals surface area contributed by atoms with Crippen LogP contribution < -0.4 is 9.47 Å². The van der Waals surface area contributed by atoms with Gasteiger partial charge in [-0.1, -0.05) is 12.1 Å². The molecule has 0 amide bonds. The molecule has 1 aliphatic carbocycles. The summed E-state index contributed by atoms with van der Waals surface area (Å²) in [6.07, 6.45) is 2.24. The van der Waals surface area contributed by atoms with Crippen LogP contribution in [0.4, 0.5) is 0 Å². The fourth-order valence-electron chi connectivity index (χ4n) is 3.33. The number of benzene rings is 1. The van der Waals surface area contributed by atoms with Gasteiger partial charge in [-0.25, -0.2) is 4.98 Å². The van der Waals surface area contributed by atoms with Gasteiger partial charge in [-0.2, -0.15) is 0 Å². The van der Waals surface area contributed by atoms with Crippen molar-refractivity contribution in [3.05, 3.63) is 52.3 Å². The van der Waals surface area contributed by atoms with Gasteiger partial charge >= 0.3 is 0 Å². The molecule has 126 valence electrons. The zero-order chi connectivity index (χ0) is 16.7. The molecule has 1 atom stereocenters. The van der Waals surface area contributed by atoms with E-state index in [9.17, 15) is 0 Å². The molecule has 4 rings (SSSR count). The molecule has 1 aliphatic heterocycles. The van der Waals surface area contributed by atoms with Crippen LogP contribution in [-0.4, -0.2) is 29.1 Å². The van der Waals surface area contributed by atoms with E-state index in [4.69, 9.17) is 14.5 Å². The number of aromatic nitrogens is 1. The molecule has 1 saturated carbocycles. The number of halogens is 1. The topological polar surface area (TPSA) is 34.6 Å². The summed E-state index contributed by atoms with van der Waals surface area (Å²) in [5.41, 5.74) is 2.26. The quantitative estimate of drug-likeness (QED) is 0.732. The molecule has 2 heterocycles. The average molecular weight is 389 g/mol. The number of hydrogen-bond donors (Lipinski definition) is 0. The molecule has 2 aromatic rings. The van der Waals surface area contributed by atoms with Gasteiger partial charge in [-0.3, -0.25) is 4.90 Å². The first-order valence-corrected chi connectivity index (χ1v) is 9.10. The summed E-state index contributed by atoms with van der Waals surface area (Å²) >= 11 is 3.49. The number of methoxy groups -OCH3 is 1. The maximum Gasteiger partial charge on any atom is 0.143 e. The Hall–Kier alpha value is -1.59. The van der Waals surface area contributed by atoms with Gasteiger partial charge in [-0.05, 0) is 65.5 Å². The Morgan fingerprint density at radius 2 is 2.00 bits per heavy atom. The summed E-state index contributed by atoms with van der Waals surface area (Å²) in [5.74, 6) is 1.82. The van der Waals surface area contributed by atoms with Gasteiger partial charge in [0.2, 0.25) is 0 Å². The standard InChI is InChI=1S/C19H21BrN2O2/c1-13-18-16(7-8-17(20)21-18)24-19(9-10-19)12-22(13)11-14-3-5-15(23-2)6-4-14/h3-8,13H,9-12H2,1-2H3. The highest BCUT2D eigenvalue weighted by Gasteiger charge is 2.50. The molecule has 2 aliphatic rings. The van der Waals surface area contributed by atoms with E-state index in [1.165, 1.54) is 5.56 Å². The normalized spacial score (nSPS) is 21.7. The minimum Gasteiger partial charge on any atom is -0.497 e. The van der Waals surface area contributed by atoms with E-state index < -0.39 is 0 Å². The van der Waals surface area contributed by atoms with E-state index in [1.807, 2.05) is 24.3 Å². The van der Waals surface area contributed by atoms with Gasteiger partial charge in [0.1, 0.15) is 27.4 Å². The molecule has 5 heteroatoms. The van der Waals surface area contributed by atoms with Gasteiger partial charge < -0.3 is 9.47 Å². The lowest BCUT2D eigenvalue weighted by atomic mass is 10.1. The van der Waals surface area contributed by atoms with Crippen LogP contribution in [0, 0.1) is 0 Å². The van der Waals surface area contributed by atoms with Crippen molar-refractivity contribution in [2.75, 3.05) is 13.7 Å². The van der Waals surface area contributed by atoms with Crippen molar-refractivity contribution >= 4 is 15.9 Å². The number of pyridine rings is 1. The van der Waals surface area contributed by atoms with Gasteiger partial charge in [0, 0.05) is 13.1 Å². The number of rotatable bonds is 3. The molecule has 0 N–H and O–H groups in total. The van der Waals surface area contributed by atoms with E-state index >= 15 is 0 Å². The maximum absolute atomic E-state index is 6.34. The SMILES string of the molecule is COc1ccc(CN2CC3(CC3)Oc3ccc(Br)nc3C2C)cc1. The fourth-order valence-corrected chi connectivity index (χ4v) is 3.65. The molecule has 24 heavy (non-hydrogen) atoms. The van der Waals surface area contributed by atoms with Gasteiger partial charge in [0.05, 0.1) is 13.2 Å². The van der Waals surface area contributed by atoms with Gasteiger partial charge in [0.15, 0.2) is 0 Å². The second-order valence-electron chi connectivity index (χ2n) is 6.73. The van der Waals surface area contributed by atoms with Crippen molar-refractivity contribution in [1.29, 1.82) is 0 Å². The van der Waals surface area contributed by atoms with Crippen molar-refractivity contribution in [3.63, 3.8) is 0 Å². The maximum atomic E-state index is 6.34. The number of fused-ring (bicyclic) bond motifs is 1. The molecule has 0 radical (unpaired) electrons. The average Bonchev–Trinajstić information content (AvgIpc) is 3.36. The zero-order valence-corrected chi connectivity index (χ0v) is 15.5. The third-order valence-corrected chi connectivity index (χ3v) is 5.41. The summed E-state index contributed by atoms with van der Waals surface area (Å²) in [6.45, 7) is 4.03. The second kappa shape index (κ2) is 6.05. The van der Waals surface area contributed by atoms with Crippen LogP contribution in [0.1, 0.15) is 37.1 Å². The molecule has 0 bridgehead atoms. The third kappa shape index (κ3) is 3.03. The Bertz CT molecular complexity index is 744. The molecule has 4 nitrogen and oxygen atoms in total. The van der Waals surface area contributed by atoms with Gasteiger partial charge in [0.25, 0.3) is 0 Å². The van der Waals surface area contributed by atoms with Crippen molar-refractivity contribution in [3.8, 4) is 11.5 Å². The molecule has 0 saturated heterocycles. The molecule has 1 spiro atoms. The van der Waals surface area contributed by atoms with Crippen LogP contribution in [-0.2, 0) is 6.54 Å². The van der Waals surface area contributed by atoms with Crippen molar-refractivity contribution in [2.45, 2.75) is 38.0 Å². The van der Waals surface area contributed by atoms with Crippen molar-refractivity contribution < 1.29 is 9.47 Å². The van der Waals surface area contributed by atoms with Crippen LogP contribution in [0.15, 0.2) is 41.0 Å². The first-order valence-electron chi connectivity index (χ1n) is 8.31. The molecular formula is C19H21BrN2O2. The predicted molar refractivity (Wildman–Crippen MR) is 96.3 cm³/mol. The largest absolute Gasteiger partial charge is 0.497 e. The lowest BCUT2D eigenvalue weighted by molar-refractivity contribution is 0.107. The Balaban J connectivity index is 1.64. The highest BCUT2D eigenvalue weighted by atomic mass is 79.9. The summed E-state index contributed by atoms with van der Waals surface area (Å²) in [4.78, 5) is 7.17. The summed E-state index contributed by atoms with van der Waals surface area (Å²) < 4.78 is 12.4. The monoisotopic (exact) mass is 388 g/mol. The second-order valence-corrected chi connectivity index (χ2v) is 7.54. The number of hydrogen-bond acceptors (Lipinski definition) is 4. The minimum absolute atomic E-state index is 0.0263. The number of nitrogens with zero attached hydrogens (tertiary/aromatic N) is 2. The molecule has 1 aromatic carbocycles. The van der Waals surface area contributed by atoms with Gasteiger partial charge in [-0.15, -0.1) is 0 Å². The third-order valence-electron chi connectivity index (χ3n) is 4.97. The summed E-state index contributed by atoms with van der Waals surface area (Å²) in [7, 11) is 1.69. The predicted octanol–water partition coefficient (Wildman–Crippen LogP) is 4.34.